The molecule has 0 N–H and O–H groups in total. The van der Waals surface area contributed by atoms with Crippen LogP contribution in [0.2, 0.25) is 0 Å². The normalized spacial score (nSPS) is 15.0. The van der Waals surface area contributed by atoms with Gasteiger partial charge in [0.05, 0.1) is 8.48 Å². The van der Waals surface area contributed by atoms with Gasteiger partial charge in [-0.2, -0.15) is 0 Å². The average Bonchev–Trinajstić information content (AvgIpc) is 1.69. The first kappa shape index (κ1) is 5.04. The van der Waals surface area contributed by atoms with E-state index in [0.717, 1.165) is 0 Å². The molecule has 0 aliphatic heterocycles. The molecule has 1 nitrogen and oxygen atoms in total. The van der Waals surface area contributed by atoms with Crippen molar-refractivity contribution in [1.29, 1.82) is 0 Å². The molecule has 0 aromatic rings. The molecule has 0 saturated carbocycles. The summed E-state index contributed by atoms with van der Waals surface area (Å²) in [6.45, 7) is 1.70. The Balaban J connectivity index is 3.86. The average molecular weight is 119 g/mol. The fourth-order valence-electron chi connectivity index (χ4n) is 0.287. The molecule has 0 amide bonds. The molecule has 0 aliphatic rings. The zero-order chi connectivity index (χ0) is 6.57. The highest BCUT2D eigenvalue weighted by molar-refractivity contribution is 8.02. The number of methoxy groups -OCH3 is 1. The van der Waals surface area contributed by atoms with Crippen LogP contribution in [0.25, 0.3) is 0 Å². The van der Waals surface area contributed by atoms with Crippen molar-refractivity contribution in [3.05, 3.63) is 11.1 Å². The highest BCUT2D eigenvalue weighted by Crippen LogP contribution is 2.09. The van der Waals surface area contributed by atoms with E-state index in [-0.39, 0.29) is 0 Å². The third-order valence-corrected chi connectivity index (χ3v) is 1.32. The fourth-order valence-corrected chi connectivity index (χ4v) is 0.658. The molecule has 0 unspecified atom stereocenters. The Hall–Kier alpha value is -0.110. The lowest BCUT2D eigenvalue weighted by Crippen LogP contribution is -1.75. The molecular formula is C5H10OS. The monoisotopic (exact) mass is 119 g/mol. The van der Waals surface area contributed by atoms with Crippen LogP contribution in [0.1, 0.15) is 8.29 Å². The van der Waals surface area contributed by atoms with Crippen LogP contribution < -0.4 is 0 Å². The largest absolute Gasteiger partial charge is 0.491 e. The van der Waals surface area contributed by atoms with Gasteiger partial charge in [-0.1, -0.05) is 11.8 Å². The minimum Gasteiger partial charge on any atom is -0.491 e. The summed E-state index contributed by atoms with van der Waals surface area (Å²) in [5, 5.41) is 0.685. The second-order valence-corrected chi connectivity index (χ2v) is 1.72. The van der Waals surface area contributed by atoms with E-state index in [4.69, 9.17) is 6.11 Å². The summed E-state index contributed by atoms with van der Waals surface area (Å²) < 4.78 is 11.9. The van der Waals surface area contributed by atoms with Crippen molar-refractivity contribution in [2.24, 2.45) is 0 Å². The molecule has 0 radical (unpaired) electrons. The highest BCUT2D eigenvalue weighted by Gasteiger charge is 1.83. The number of hydrogen-bond donors (Lipinski definition) is 0. The van der Waals surface area contributed by atoms with E-state index in [1.807, 2.05) is 6.26 Å². The van der Waals surface area contributed by atoms with Gasteiger partial charge < -0.3 is 4.74 Å². The third kappa shape index (κ3) is 2.57. The molecule has 7 heavy (non-hydrogen) atoms. The maximum Gasteiger partial charge on any atom is 0.148 e. The Morgan fingerprint density at radius 2 is 2.57 bits per heavy atom. The van der Waals surface area contributed by atoms with Crippen molar-refractivity contribution >= 4 is 11.8 Å². The molecular weight excluding hydrogens is 108 g/mol. The van der Waals surface area contributed by atoms with Gasteiger partial charge in [-0.3, -0.25) is 0 Å². The molecule has 0 spiro atoms. The lowest BCUT2D eigenvalue weighted by Gasteiger charge is -1.96. The minimum absolute atomic E-state index is 0.486. The fraction of sp³-hybridized carbons (Fsp3) is 0.600. The summed E-state index contributed by atoms with van der Waals surface area (Å²) in [5.41, 5.74) is 0. The number of rotatable bonds is 2. The third-order valence-electron chi connectivity index (χ3n) is 0.575. The number of ether oxygens (including phenoxy) is 1. The van der Waals surface area contributed by atoms with Crippen molar-refractivity contribution in [2.75, 3.05) is 13.4 Å². The number of thioether (sulfide) groups is 1. The van der Waals surface area contributed by atoms with E-state index in [1.54, 1.807) is 14.0 Å². The van der Waals surface area contributed by atoms with Gasteiger partial charge in [0, 0.05) is 0 Å². The Morgan fingerprint density at radius 1 is 2.00 bits per heavy atom. The predicted octanol–water partition coefficient (Wildman–Crippen LogP) is 1.86. The summed E-state index contributed by atoms with van der Waals surface area (Å²) in [4.78, 5) is 0. The number of hydrogen-bond acceptors (Lipinski definition) is 2. The zero-order valence-electron chi connectivity index (χ0n) is 5.82. The van der Waals surface area contributed by atoms with Crippen molar-refractivity contribution in [3.63, 3.8) is 0 Å². The van der Waals surface area contributed by atoms with E-state index in [1.165, 1.54) is 11.8 Å². The van der Waals surface area contributed by atoms with E-state index < -0.39 is 0 Å². The van der Waals surface area contributed by atoms with Crippen LogP contribution in [0.3, 0.4) is 0 Å². The van der Waals surface area contributed by atoms with Gasteiger partial charge in [-0.05, 0) is 19.2 Å². The van der Waals surface area contributed by atoms with Crippen LogP contribution in [-0.2, 0) is 4.74 Å². The summed E-state index contributed by atoms with van der Waals surface area (Å²) in [6.07, 6.45) is 1.89. The Kier molecular flexibility index (Phi) is 2.92. The first-order valence-electron chi connectivity index (χ1n) is 2.47. The molecule has 0 fully saturated rings. The van der Waals surface area contributed by atoms with Crippen LogP contribution in [0.15, 0.2) is 11.1 Å². The Bertz CT molecular complexity index is 90.6. The lowest BCUT2D eigenvalue weighted by atomic mass is 10.7. The maximum absolute atomic E-state index is 7.07. The molecule has 0 rings (SSSR count). The van der Waals surface area contributed by atoms with Crippen LogP contribution >= 0.6 is 11.8 Å². The lowest BCUT2D eigenvalue weighted by molar-refractivity contribution is 0.324. The smallest absolute Gasteiger partial charge is 0.148 e. The van der Waals surface area contributed by atoms with Gasteiger partial charge in [0.1, 0.15) is 5.09 Å². The van der Waals surface area contributed by atoms with Gasteiger partial charge >= 0.3 is 0 Å². The molecule has 0 saturated heterocycles. The van der Waals surface area contributed by atoms with Crippen LogP contribution in [0.5, 0.6) is 0 Å². The van der Waals surface area contributed by atoms with E-state index in [0.29, 0.717) is 11.1 Å². The van der Waals surface area contributed by atoms with E-state index in [2.05, 4.69) is 0 Å². The quantitative estimate of drug-likeness (QED) is 0.513. The second-order valence-electron chi connectivity index (χ2n) is 0.946. The topological polar surface area (TPSA) is 9.23 Å². The minimum atomic E-state index is 0.486. The number of allylic oxidation sites excluding steroid dienone is 1. The van der Waals surface area contributed by atoms with Crippen LogP contribution in [0.4, 0.5) is 0 Å². The standard InChI is InChI=1S/C5H10OS/c1-4-5(6-2)7-3/h4H,1-3H3/b5-4-/i4D. The first-order valence-corrected chi connectivity index (χ1v) is 3.20. The van der Waals surface area contributed by atoms with Crippen LogP contribution in [-0.4, -0.2) is 13.4 Å². The van der Waals surface area contributed by atoms with Crippen molar-refractivity contribution in [1.82, 2.24) is 0 Å². The summed E-state index contributed by atoms with van der Waals surface area (Å²) >= 11 is 1.45. The van der Waals surface area contributed by atoms with Gasteiger partial charge in [0.2, 0.25) is 0 Å². The van der Waals surface area contributed by atoms with E-state index in [9.17, 15) is 0 Å². The SMILES string of the molecule is [2H]/C(C)=C(\OC)SC. The zero-order valence-corrected chi connectivity index (χ0v) is 5.63. The van der Waals surface area contributed by atoms with Gasteiger partial charge in [0.15, 0.2) is 0 Å². The van der Waals surface area contributed by atoms with Gasteiger partial charge in [-0.15, -0.1) is 0 Å². The molecule has 2 heteroatoms. The van der Waals surface area contributed by atoms with Crippen molar-refractivity contribution in [2.45, 2.75) is 6.92 Å². The highest BCUT2D eigenvalue weighted by atomic mass is 32.2. The molecule has 0 atom stereocenters. The summed E-state index contributed by atoms with van der Waals surface area (Å²) in [6, 6.07) is 0.486. The molecule has 0 bridgehead atoms. The first-order chi connectivity index (χ1) is 3.72. The molecule has 0 heterocycles. The predicted molar refractivity (Wildman–Crippen MR) is 34.3 cm³/mol. The summed E-state index contributed by atoms with van der Waals surface area (Å²) in [7, 11) is 1.57. The van der Waals surface area contributed by atoms with Crippen LogP contribution in [0, 0.1) is 0 Å². The Labute approximate surface area is 50.2 Å². The van der Waals surface area contributed by atoms with Crippen molar-refractivity contribution < 1.29 is 6.11 Å². The molecule has 0 aromatic carbocycles. The van der Waals surface area contributed by atoms with Gasteiger partial charge in [0.25, 0.3) is 0 Å². The van der Waals surface area contributed by atoms with Gasteiger partial charge in [-0.25, -0.2) is 0 Å². The molecule has 42 valence electrons. The van der Waals surface area contributed by atoms with E-state index >= 15 is 0 Å². The summed E-state index contributed by atoms with van der Waals surface area (Å²) in [5.74, 6) is 0. The second kappa shape index (κ2) is 4.06. The maximum atomic E-state index is 7.07. The molecule has 0 aromatic heterocycles. The molecule has 0 aliphatic carbocycles. The Morgan fingerprint density at radius 3 is 2.57 bits per heavy atom. The van der Waals surface area contributed by atoms with Crippen molar-refractivity contribution in [3.8, 4) is 0 Å².